The van der Waals surface area contributed by atoms with E-state index in [0.29, 0.717) is 25.1 Å². The molecule has 23 heavy (non-hydrogen) atoms. The SMILES string of the molecule is CCC=NC1=C(C(C)C)CCN(C(=O)/C(C=N)=C(/N)C(F)F)C1. The van der Waals surface area contributed by atoms with Gasteiger partial charge in [0, 0.05) is 19.0 Å². The molecule has 0 aromatic carbocycles. The first-order valence-electron chi connectivity index (χ1n) is 7.65. The van der Waals surface area contributed by atoms with Gasteiger partial charge in [0.25, 0.3) is 12.3 Å². The smallest absolute Gasteiger partial charge is 0.278 e. The van der Waals surface area contributed by atoms with Gasteiger partial charge in [0.15, 0.2) is 0 Å². The van der Waals surface area contributed by atoms with Crippen LogP contribution in [0.4, 0.5) is 8.78 Å². The van der Waals surface area contributed by atoms with E-state index >= 15 is 0 Å². The molecular formula is C16H24F2N4O. The number of nitrogens with one attached hydrogen (secondary N) is 1. The number of alkyl halides is 2. The van der Waals surface area contributed by atoms with Crippen molar-refractivity contribution in [2.24, 2.45) is 16.6 Å². The molecule has 1 aliphatic heterocycles. The monoisotopic (exact) mass is 326 g/mol. The molecule has 0 aromatic rings. The number of nitrogens with zero attached hydrogens (tertiary/aromatic N) is 2. The number of amides is 1. The van der Waals surface area contributed by atoms with Crippen LogP contribution in [0.5, 0.6) is 0 Å². The molecule has 1 aliphatic rings. The molecular weight excluding hydrogens is 302 g/mol. The molecule has 3 N–H and O–H groups in total. The largest absolute Gasteiger partial charge is 0.397 e. The number of allylic oxidation sites excluding steroid dienone is 1. The van der Waals surface area contributed by atoms with Crippen LogP contribution in [0.25, 0.3) is 0 Å². The van der Waals surface area contributed by atoms with Crippen LogP contribution in [0.15, 0.2) is 27.5 Å². The molecule has 0 unspecified atom stereocenters. The highest BCUT2D eigenvalue weighted by Gasteiger charge is 2.27. The average molecular weight is 326 g/mol. The predicted molar refractivity (Wildman–Crippen MR) is 87.8 cm³/mol. The van der Waals surface area contributed by atoms with Gasteiger partial charge in [-0.1, -0.05) is 20.8 Å². The van der Waals surface area contributed by atoms with E-state index in [0.717, 1.165) is 12.1 Å². The maximum absolute atomic E-state index is 12.7. The lowest BCUT2D eigenvalue weighted by molar-refractivity contribution is -0.126. The Morgan fingerprint density at radius 3 is 2.61 bits per heavy atom. The normalized spacial score (nSPS) is 17.3. The number of rotatable bonds is 6. The highest BCUT2D eigenvalue weighted by atomic mass is 19.3. The zero-order chi connectivity index (χ0) is 17.6. The lowest BCUT2D eigenvalue weighted by Gasteiger charge is -2.31. The van der Waals surface area contributed by atoms with Crippen molar-refractivity contribution in [1.82, 2.24) is 4.90 Å². The Balaban J connectivity index is 3.09. The summed E-state index contributed by atoms with van der Waals surface area (Å²) in [4.78, 5) is 18.2. The van der Waals surface area contributed by atoms with E-state index in [1.54, 1.807) is 6.21 Å². The Morgan fingerprint density at radius 1 is 1.48 bits per heavy atom. The number of hydrogen-bond donors (Lipinski definition) is 2. The highest BCUT2D eigenvalue weighted by Crippen LogP contribution is 2.26. The average Bonchev–Trinajstić information content (AvgIpc) is 2.52. The second-order valence-electron chi connectivity index (χ2n) is 5.64. The lowest BCUT2D eigenvalue weighted by Crippen LogP contribution is -2.39. The van der Waals surface area contributed by atoms with Crippen molar-refractivity contribution in [3.8, 4) is 0 Å². The summed E-state index contributed by atoms with van der Waals surface area (Å²) < 4.78 is 25.4. The van der Waals surface area contributed by atoms with Crippen LogP contribution in [0.3, 0.4) is 0 Å². The van der Waals surface area contributed by atoms with Crippen molar-refractivity contribution in [3.63, 3.8) is 0 Å². The molecule has 7 heteroatoms. The molecule has 0 fully saturated rings. The molecule has 0 aromatic heterocycles. The molecule has 128 valence electrons. The zero-order valence-corrected chi connectivity index (χ0v) is 13.8. The number of nitrogens with two attached hydrogens (primary N) is 1. The Kier molecular flexibility index (Phi) is 7.06. The van der Waals surface area contributed by atoms with Gasteiger partial charge in [-0.25, -0.2) is 8.78 Å². The molecule has 1 amide bonds. The second kappa shape index (κ2) is 8.55. The Bertz CT molecular complexity index is 550. The molecule has 1 heterocycles. The van der Waals surface area contributed by atoms with Gasteiger partial charge in [0.2, 0.25) is 0 Å². The fraction of sp³-hybridized carbons (Fsp3) is 0.562. The topological polar surface area (TPSA) is 82.5 Å². The van der Waals surface area contributed by atoms with Crippen molar-refractivity contribution >= 4 is 18.3 Å². The van der Waals surface area contributed by atoms with E-state index in [1.165, 1.54) is 10.5 Å². The molecule has 0 radical (unpaired) electrons. The fourth-order valence-corrected chi connectivity index (χ4v) is 2.44. The summed E-state index contributed by atoms with van der Waals surface area (Å²) in [6, 6.07) is 0. The van der Waals surface area contributed by atoms with Gasteiger partial charge in [-0.2, -0.15) is 0 Å². The predicted octanol–water partition coefficient (Wildman–Crippen LogP) is 2.74. The van der Waals surface area contributed by atoms with Crippen LogP contribution in [0.1, 0.15) is 33.6 Å². The summed E-state index contributed by atoms with van der Waals surface area (Å²) in [6.45, 7) is 6.74. The minimum Gasteiger partial charge on any atom is -0.397 e. The molecule has 5 nitrogen and oxygen atoms in total. The minimum absolute atomic E-state index is 0.247. The van der Waals surface area contributed by atoms with Gasteiger partial charge < -0.3 is 16.0 Å². The standard InChI is InChI=1S/C16H24F2N4O/c1-4-6-21-13-9-22(7-5-11(13)10(2)3)16(23)12(8-19)14(20)15(17)18/h6,8,10,15,19H,4-5,7,9,20H2,1-3H3/b14-12+,19-8?,21-6?. The van der Waals surface area contributed by atoms with E-state index in [1.807, 2.05) is 6.92 Å². The third-order valence-electron chi connectivity index (χ3n) is 3.70. The van der Waals surface area contributed by atoms with E-state index in [9.17, 15) is 13.6 Å². The summed E-state index contributed by atoms with van der Waals surface area (Å²) in [5.41, 5.74) is 5.91. The van der Waals surface area contributed by atoms with Crippen molar-refractivity contribution in [3.05, 3.63) is 22.5 Å². The quantitative estimate of drug-likeness (QED) is 0.581. The first kappa shape index (κ1) is 19.0. The maximum atomic E-state index is 12.7. The fourth-order valence-electron chi connectivity index (χ4n) is 2.44. The van der Waals surface area contributed by atoms with Gasteiger partial charge >= 0.3 is 0 Å². The van der Waals surface area contributed by atoms with Gasteiger partial charge in [0.05, 0.1) is 23.5 Å². The van der Waals surface area contributed by atoms with E-state index in [2.05, 4.69) is 18.8 Å². The molecule has 0 atom stereocenters. The Labute approximate surface area is 135 Å². The summed E-state index contributed by atoms with van der Waals surface area (Å²) in [5, 5.41) is 7.22. The number of hydrogen-bond acceptors (Lipinski definition) is 4. The summed E-state index contributed by atoms with van der Waals surface area (Å²) in [7, 11) is 0. The van der Waals surface area contributed by atoms with Gasteiger partial charge in [-0.05, 0) is 24.3 Å². The Morgan fingerprint density at radius 2 is 2.13 bits per heavy atom. The van der Waals surface area contributed by atoms with Crippen LogP contribution >= 0.6 is 0 Å². The maximum Gasteiger partial charge on any atom is 0.278 e. The van der Waals surface area contributed by atoms with Crippen molar-refractivity contribution in [2.45, 2.75) is 40.0 Å². The molecule has 0 aliphatic carbocycles. The van der Waals surface area contributed by atoms with Gasteiger partial charge in [0.1, 0.15) is 0 Å². The lowest BCUT2D eigenvalue weighted by atomic mass is 9.94. The van der Waals surface area contributed by atoms with Crippen LogP contribution in [-0.2, 0) is 4.79 Å². The highest BCUT2D eigenvalue weighted by molar-refractivity contribution is 6.12. The van der Waals surface area contributed by atoms with Crippen molar-refractivity contribution < 1.29 is 13.6 Å². The third-order valence-corrected chi connectivity index (χ3v) is 3.70. The van der Waals surface area contributed by atoms with E-state index in [4.69, 9.17) is 11.1 Å². The third kappa shape index (κ3) is 4.71. The summed E-state index contributed by atoms with van der Waals surface area (Å²) >= 11 is 0. The number of carbonyl (C=O) groups is 1. The number of carbonyl (C=O) groups excluding carboxylic acids is 1. The zero-order valence-electron chi connectivity index (χ0n) is 13.8. The van der Waals surface area contributed by atoms with Crippen molar-refractivity contribution in [2.75, 3.05) is 13.1 Å². The first-order valence-corrected chi connectivity index (χ1v) is 7.65. The molecule has 0 bridgehead atoms. The molecule has 0 saturated carbocycles. The minimum atomic E-state index is -2.96. The van der Waals surface area contributed by atoms with Crippen LogP contribution in [-0.4, -0.2) is 42.8 Å². The molecule has 1 rings (SSSR count). The Hall–Kier alpha value is -2.05. The second-order valence-corrected chi connectivity index (χ2v) is 5.64. The summed E-state index contributed by atoms with van der Waals surface area (Å²) in [6.07, 6.45) is 0.819. The van der Waals surface area contributed by atoms with Crippen LogP contribution in [0, 0.1) is 11.3 Å². The van der Waals surface area contributed by atoms with E-state index < -0.39 is 23.6 Å². The van der Waals surface area contributed by atoms with Crippen LogP contribution < -0.4 is 5.73 Å². The number of aliphatic imine (C=N–C) groups is 1. The molecule has 0 saturated heterocycles. The van der Waals surface area contributed by atoms with E-state index in [-0.39, 0.29) is 6.54 Å². The number of halogens is 2. The first-order chi connectivity index (χ1) is 10.8. The summed E-state index contributed by atoms with van der Waals surface area (Å²) in [5.74, 6) is -0.343. The van der Waals surface area contributed by atoms with Crippen molar-refractivity contribution in [1.29, 1.82) is 5.41 Å². The molecule has 0 spiro atoms. The van der Waals surface area contributed by atoms with Crippen LogP contribution in [0.2, 0.25) is 0 Å². The van der Waals surface area contributed by atoms with Gasteiger partial charge in [-0.15, -0.1) is 0 Å². The van der Waals surface area contributed by atoms with Gasteiger partial charge in [-0.3, -0.25) is 9.79 Å².